The van der Waals surface area contributed by atoms with Crippen LogP contribution in [0, 0.1) is 0 Å². The molecule has 11 nitrogen and oxygen atoms in total. The van der Waals surface area contributed by atoms with Gasteiger partial charge in [0.1, 0.15) is 17.8 Å². The summed E-state index contributed by atoms with van der Waals surface area (Å²) < 4.78 is 0. The van der Waals surface area contributed by atoms with Crippen LogP contribution in [0.3, 0.4) is 0 Å². The van der Waals surface area contributed by atoms with Crippen LogP contribution >= 0.6 is 25.3 Å². The Morgan fingerprint density at radius 3 is 2.03 bits per heavy atom. The number of carbonyl (C=O) groups excluding carboxylic acids is 4. The summed E-state index contributed by atoms with van der Waals surface area (Å²) >= 11 is 7.93. The van der Waals surface area contributed by atoms with Gasteiger partial charge in [0.05, 0.1) is 12.1 Å². The van der Waals surface area contributed by atoms with Gasteiger partial charge in [-0.25, -0.2) is 0 Å². The first-order valence-corrected chi connectivity index (χ1v) is 11.1. The van der Waals surface area contributed by atoms with Crippen LogP contribution in [-0.2, 0) is 30.4 Å². The van der Waals surface area contributed by atoms with Crippen molar-refractivity contribution in [1.82, 2.24) is 16.0 Å². The van der Waals surface area contributed by atoms with Gasteiger partial charge in [0.25, 0.3) is 0 Å². The molecule has 0 fully saturated rings. The number of carboxylic acids is 1. The minimum Gasteiger partial charge on any atom is -0.508 e. The van der Waals surface area contributed by atoms with E-state index in [2.05, 4.69) is 41.2 Å². The van der Waals surface area contributed by atoms with Crippen molar-refractivity contribution in [2.45, 2.75) is 43.4 Å². The second-order valence-electron chi connectivity index (χ2n) is 7.08. The molecule has 0 spiro atoms. The zero-order valence-corrected chi connectivity index (χ0v) is 19.4. The summed E-state index contributed by atoms with van der Waals surface area (Å²) in [5, 5.41) is 25.5. The van der Waals surface area contributed by atoms with E-state index >= 15 is 0 Å². The Kier molecular flexibility index (Phi) is 12.3. The predicted molar refractivity (Wildman–Crippen MR) is 126 cm³/mol. The number of phenolic OH excluding ortho intramolecular Hbond substituents is 1. The number of aromatic hydroxyl groups is 1. The van der Waals surface area contributed by atoms with Crippen molar-refractivity contribution in [2.24, 2.45) is 5.73 Å². The number of nitrogens with one attached hydrogen (secondary N) is 3. The number of amides is 3. The molecule has 7 N–H and O–H groups in total. The van der Waals surface area contributed by atoms with Gasteiger partial charge >= 0.3 is 5.97 Å². The van der Waals surface area contributed by atoms with Crippen LogP contribution in [0.2, 0.25) is 0 Å². The normalized spacial score (nSPS) is 14.3. The van der Waals surface area contributed by atoms with Gasteiger partial charge in [0.15, 0.2) is 0 Å². The summed E-state index contributed by atoms with van der Waals surface area (Å²) in [5.41, 5.74) is 6.20. The number of phenols is 1. The second-order valence-corrected chi connectivity index (χ2v) is 7.81. The highest BCUT2D eigenvalue weighted by Gasteiger charge is 2.28. The second kappa shape index (κ2) is 14.4. The van der Waals surface area contributed by atoms with E-state index in [-0.39, 0.29) is 30.1 Å². The molecule has 33 heavy (non-hydrogen) atoms. The van der Waals surface area contributed by atoms with Crippen molar-refractivity contribution >= 4 is 55.2 Å². The molecule has 1 aromatic rings. The number of thiol groups is 2. The van der Waals surface area contributed by atoms with Crippen LogP contribution in [0.4, 0.5) is 0 Å². The fraction of sp³-hybridized carbons (Fsp3) is 0.450. The molecule has 181 valence electrons. The lowest BCUT2D eigenvalue weighted by molar-refractivity contribution is -0.138. The standard InChI is InChI=1S/C20H27N4O7S2/c21-14(9-32)18(29)24-16(10-33)20(31)23-15(5-6-17(27)28)19(30)22-12(8-25)7-11-1-3-13(26)4-2-11/h1-4,12,14-16,26,32-33H,5-7,9-10,21H2,(H,22,30)(H,23,31)(H,24,29)(H,27,28)/t12-,14-,15-,16-/m0/s1. The molecule has 0 bridgehead atoms. The van der Waals surface area contributed by atoms with Gasteiger partial charge in [-0.2, -0.15) is 25.3 Å². The number of rotatable bonds is 14. The van der Waals surface area contributed by atoms with Gasteiger partial charge in [0, 0.05) is 24.3 Å². The van der Waals surface area contributed by atoms with Crippen molar-refractivity contribution in [3.8, 4) is 5.75 Å². The molecule has 0 aliphatic heterocycles. The third-order valence-corrected chi connectivity index (χ3v) is 5.22. The maximum absolute atomic E-state index is 12.7. The summed E-state index contributed by atoms with van der Waals surface area (Å²) in [7, 11) is 0. The lowest BCUT2D eigenvalue weighted by Gasteiger charge is -2.24. The summed E-state index contributed by atoms with van der Waals surface area (Å²) in [6.07, 6.45) is 1.05. The first kappa shape index (κ1) is 28.3. The van der Waals surface area contributed by atoms with Crippen molar-refractivity contribution < 1.29 is 34.2 Å². The fourth-order valence-corrected chi connectivity index (χ4v) is 3.05. The van der Waals surface area contributed by atoms with E-state index in [4.69, 9.17) is 10.8 Å². The van der Waals surface area contributed by atoms with E-state index in [1.54, 1.807) is 18.4 Å². The third-order valence-electron chi connectivity index (χ3n) is 4.46. The Morgan fingerprint density at radius 2 is 1.52 bits per heavy atom. The van der Waals surface area contributed by atoms with Gasteiger partial charge in [-0.1, -0.05) is 12.1 Å². The molecule has 13 heteroatoms. The molecular formula is C20H27N4O7S2. The Labute approximate surface area is 201 Å². The smallest absolute Gasteiger partial charge is 0.303 e. The topological polar surface area (TPSA) is 188 Å². The molecule has 4 atom stereocenters. The van der Waals surface area contributed by atoms with Crippen molar-refractivity contribution in [2.75, 3.05) is 11.5 Å². The third kappa shape index (κ3) is 10.1. The van der Waals surface area contributed by atoms with E-state index in [1.165, 1.54) is 12.1 Å². The van der Waals surface area contributed by atoms with Crippen LogP contribution in [0.15, 0.2) is 24.3 Å². The molecule has 3 amide bonds. The van der Waals surface area contributed by atoms with E-state index in [0.29, 0.717) is 5.56 Å². The Bertz CT molecular complexity index is 838. The lowest BCUT2D eigenvalue weighted by atomic mass is 10.0. The monoisotopic (exact) mass is 499 g/mol. The molecule has 0 aliphatic rings. The molecule has 1 radical (unpaired) electrons. The van der Waals surface area contributed by atoms with Gasteiger partial charge < -0.3 is 31.9 Å². The summed E-state index contributed by atoms with van der Waals surface area (Å²) in [6.45, 7) is 0. The molecule has 1 rings (SSSR count). The van der Waals surface area contributed by atoms with Gasteiger partial charge in [0.2, 0.25) is 24.0 Å². The van der Waals surface area contributed by atoms with Gasteiger partial charge in [-0.05, 0) is 24.1 Å². The minimum atomic E-state index is -1.30. The first-order chi connectivity index (χ1) is 15.6. The Balaban J connectivity index is 2.88. The molecule has 0 saturated heterocycles. The van der Waals surface area contributed by atoms with Crippen molar-refractivity contribution in [3.63, 3.8) is 0 Å². The number of carboxylic acid groups (broad SMARTS) is 1. The van der Waals surface area contributed by atoms with Gasteiger partial charge in [-0.3, -0.25) is 24.0 Å². The number of benzene rings is 1. The number of nitrogens with two attached hydrogens (primary N) is 1. The van der Waals surface area contributed by atoms with Crippen LogP contribution < -0.4 is 21.7 Å². The highest BCUT2D eigenvalue weighted by molar-refractivity contribution is 7.80. The van der Waals surface area contributed by atoms with E-state index in [9.17, 15) is 29.1 Å². The SMILES string of the molecule is N[C@@H](CS)C(=O)N[C@@H](CS)C(=O)N[C@@H](CCC(=O)O)C(=O)N[C@H]([C]=O)Cc1ccc(O)cc1. The first-order valence-electron chi connectivity index (χ1n) is 9.87. The van der Waals surface area contributed by atoms with Crippen LogP contribution in [0.25, 0.3) is 0 Å². The maximum atomic E-state index is 12.7. The zero-order valence-electron chi connectivity index (χ0n) is 17.6. The molecule has 0 unspecified atom stereocenters. The minimum absolute atomic E-state index is 0.0343. The van der Waals surface area contributed by atoms with Crippen LogP contribution in [0.5, 0.6) is 5.75 Å². The predicted octanol–water partition coefficient (Wildman–Crippen LogP) is -1.45. The zero-order chi connectivity index (χ0) is 25.0. The highest BCUT2D eigenvalue weighted by Crippen LogP contribution is 2.11. The Hall–Kier alpha value is -2.77. The largest absolute Gasteiger partial charge is 0.508 e. The summed E-state index contributed by atoms with van der Waals surface area (Å²) in [5.74, 6) is -3.45. The molecule has 0 heterocycles. The van der Waals surface area contributed by atoms with Crippen molar-refractivity contribution in [1.29, 1.82) is 0 Å². The van der Waals surface area contributed by atoms with E-state index in [0.717, 1.165) is 0 Å². The summed E-state index contributed by atoms with van der Waals surface area (Å²) in [6, 6.07) is 1.47. The fourth-order valence-electron chi connectivity index (χ4n) is 2.63. The van der Waals surface area contributed by atoms with Crippen LogP contribution in [0.1, 0.15) is 18.4 Å². The Morgan fingerprint density at radius 1 is 0.939 bits per heavy atom. The molecular weight excluding hydrogens is 472 g/mol. The van der Waals surface area contributed by atoms with Crippen LogP contribution in [-0.4, -0.2) is 75.9 Å². The van der Waals surface area contributed by atoms with E-state index in [1.807, 2.05) is 0 Å². The van der Waals surface area contributed by atoms with Gasteiger partial charge in [-0.15, -0.1) is 0 Å². The molecule has 0 aliphatic carbocycles. The summed E-state index contributed by atoms with van der Waals surface area (Å²) in [4.78, 5) is 59.6. The number of hydrogen-bond acceptors (Lipinski definition) is 9. The number of carbonyl (C=O) groups is 4. The quantitative estimate of drug-likeness (QED) is 0.143. The maximum Gasteiger partial charge on any atom is 0.303 e. The molecule has 1 aromatic carbocycles. The molecule has 0 saturated carbocycles. The van der Waals surface area contributed by atoms with Crippen molar-refractivity contribution in [3.05, 3.63) is 29.8 Å². The number of aliphatic carboxylic acids is 1. The highest BCUT2D eigenvalue weighted by atomic mass is 32.1. The average Bonchev–Trinajstić information content (AvgIpc) is 2.79. The number of hydrogen-bond donors (Lipinski definition) is 8. The lowest BCUT2D eigenvalue weighted by Crippen LogP contribution is -2.57. The average molecular weight is 500 g/mol. The molecule has 0 aromatic heterocycles. The van der Waals surface area contributed by atoms with E-state index < -0.39 is 54.3 Å².